The molecule has 0 saturated heterocycles. The van der Waals surface area contributed by atoms with Crippen LogP contribution in [0.4, 0.5) is 5.69 Å². The summed E-state index contributed by atoms with van der Waals surface area (Å²) in [6, 6.07) is 6.15. The molecule has 1 aromatic rings. The van der Waals surface area contributed by atoms with Crippen LogP contribution < -0.4 is 5.32 Å². The zero-order valence-electron chi connectivity index (χ0n) is 9.74. The van der Waals surface area contributed by atoms with Gasteiger partial charge in [0.05, 0.1) is 6.61 Å². The highest BCUT2D eigenvalue weighted by molar-refractivity contribution is 5.59. The Labute approximate surface area is 97.0 Å². The van der Waals surface area contributed by atoms with E-state index in [1.807, 2.05) is 12.3 Å². The van der Waals surface area contributed by atoms with Gasteiger partial charge >= 0.3 is 0 Å². The number of aliphatic hydroxyl groups is 1. The van der Waals surface area contributed by atoms with Crippen molar-refractivity contribution < 1.29 is 5.11 Å². The van der Waals surface area contributed by atoms with Crippen molar-refractivity contribution in [3.63, 3.8) is 0 Å². The average molecular weight is 217 g/mol. The van der Waals surface area contributed by atoms with Crippen LogP contribution in [-0.4, -0.2) is 5.11 Å². The minimum Gasteiger partial charge on any atom is -0.392 e. The minimum absolute atomic E-state index is 0.123. The molecule has 1 unspecified atom stereocenters. The third-order valence-electron chi connectivity index (χ3n) is 3.13. The summed E-state index contributed by atoms with van der Waals surface area (Å²) in [4.78, 5) is 0. The largest absolute Gasteiger partial charge is 0.392 e. The summed E-state index contributed by atoms with van der Waals surface area (Å²) in [7, 11) is 0. The molecule has 16 heavy (non-hydrogen) atoms. The maximum absolute atomic E-state index is 9.16. The molecular formula is C14H19NO. The number of hydrogen-bond acceptors (Lipinski definition) is 2. The monoisotopic (exact) mass is 217 g/mol. The molecule has 2 heteroatoms. The van der Waals surface area contributed by atoms with Crippen molar-refractivity contribution in [3.8, 4) is 0 Å². The van der Waals surface area contributed by atoms with E-state index in [0.29, 0.717) is 5.92 Å². The summed E-state index contributed by atoms with van der Waals surface area (Å²) in [5, 5.41) is 12.4. The molecule has 0 aromatic heterocycles. The van der Waals surface area contributed by atoms with Crippen molar-refractivity contribution in [2.24, 2.45) is 0 Å². The molecule has 86 valence electrons. The van der Waals surface area contributed by atoms with Crippen molar-refractivity contribution in [2.45, 2.75) is 38.7 Å². The van der Waals surface area contributed by atoms with Gasteiger partial charge in [0.15, 0.2) is 0 Å². The highest BCUT2D eigenvalue weighted by Crippen LogP contribution is 2.33. The first-order valence-electron chi connectivity index (χ1n) is 6.02. The Hall–Kier alpha value is -1.28. The topological polar surface area (TPSA) is 32.3 Å². The molecule has 1 atom stereocenters. The number of aliphatic hydroxyl groups excluding tert-OH is 1. The van der Waals surface area contributed by atoms with E-state index in [0.717, 1.165) is 5.56 Å². The van der Waals surface area contributed by atoms with E-state index in [-0.39, 0.29) is 6.61 Å². The molecule has 0 amide bonds. The molecule has 0 spiro atoms. The lowest BCUT2D eigenvalue weighted by molar-refractivity contribution is 0.281. The van der Waals surface area contributed by atoms with Crippen LogP contribution in [0.2, 0.25) is 0 Å². The van der Waals surface area contributed by atoms with Gasteiger partial charge < -0.3 is 10.4 Å². The van der Waals surface area contributed by atoms with Crippen LogP contribution >= 0.6 is 0 Å². The number of fused-ring (bicyclic) bond motifs is 1. The van der Waals surface area contributed by atoms with E-state index in [2.05, 4.69) is 30.4 Å². The van der Waals surface area contributed by atoms with Crippen molar-refractivity contribution in [1.29, 1.82) is 0 Å². The molecule has 2 nitrogen and oxygen atoms in total. The Morgan fingerprint density at radius 1 is 1.38 bits per heavy atom. The highest BCUT2D eigenvalue weighted by Gasteiger charge is 2.15. The van der Waals surface area contributed by atoms with Gasteiger partial charge in [-0.1, -0.05) is 38.0 Å². The standard InChI is InChI=1S/C14H19NO/c1-2-3-4-12-7-8-15-14-6-5-11(10-16)9-13(12)14/h5-9,12,15-16H,2-4,10H2,1H3. The van der Waals surface area contributed by atoms with Gasteiger partial charge in [0, 0.05) is 11.6 Å². The highest BCUT2D eigenvalue weighted by atomic mass is 16.3. The Kier molecular flexibility index (Phi) is 3.62. The fourth-order valence-corrected chi connectivity index (χ4v) is 2.18. The second-order valence-electron chi connectivity index (χ2n) is 4.33. The van der Waals surface area contributed by atoms with Gasteiger partial charge in [-0.3, -0.25) is 0 Å². The lowest BCUT2D eigenvalue weighted by Crippen LogP contribution is -2.07. The van der Waals surface area contributed by atoms with Gasteiger partial charge in [-0.2, -0.15) is 0 Å². The molecule has 0 saturated carbocycles. The maximum atomic E-state index is 9.16. The number of nitrogens with one attached hydrogen (secondary N) is 1. The van der Waals surface area contributed by atoms with Gasteiger partial charge in [0.1, 0.15) is 0 Å². The summed E-state index contributed by atoms with van der Waals surface area (Å²) in [5.41, 5.74) is 3.50. The number of benzene rings is 1. The molecule has 2 N–H and O–H groups in total. The Bertz CT molecular complexity index is 384. The van der Waals surface area contributed by atoms with Gasteiger partial charge in [-0.05, 0) is 29.8 Å². The van der Waals surface area contributed by atoms with Crippen molar-refractivity contribution >= 4 is 5.69 Å². The second kappa shape index (κ2) is 5.17. The quantitative estimate of drug-likeness (QED) is 0.810. The molecule has 0 radical (unpaired) electrons. The first-order valence-corrected chi connectivity index (χ1v) is 6.02. The van der Waals surface area contributed by atoms with Crippen molar-refractivity contribution in [1.82, 2.24) is 0 Å². The zero-order valence-corrected chi connectivity index (χ0v) is 9.74. The molecule has 1 heterocycles. The Morgan fingerprint density at radius 3 is 3.00 bits per heavy atom. The van der Waals surface area contributed by atoms with E-state index in [1.54, 1.807) is 0 Å². The summed E-state index contributed by atoms with van der Waals surface area (Å²) in [6.45, 7) is 2.34. The van der Waals surface area contributed by atoms with E-state index >= 15 is 0 Å². The van der Waals surface area contributed by atoms with Crippen LogP contribution in [0, 0.1) is 0 Å². The fraction of sp³-hybridized carbons (Fsp3) is 0.429. The number of anilines is 1. The van der Waals surface area contributed by atoms with Crippen LogP contribution in [0.3, 0.4) is 0 Å². The smallest absolute Gasteiger partial charge is 0.0681 e. The van der Waals surface area contributed by atoms with E-state index in [1.165, 1.54) is 30.5 Å². The van der Waals surface area contributed by atoms with Gasteiger partial charge in [0.2, 0.25) is 0 Å². The van der Waals surface area contributed by atoms with E-state index in [9.17, 15) is 0 Å². The minimum atomic E-state index is 0.123. The summed E-state index contributed by atoms with van der Waals surface area (Å²) < 4.78 is 0. The third kappa shape index (κ3) is 2.27. The Balaban J connectivity index is 2.24. The first kappa shape index (κ1) is 11.2. The molecule has 1 aliphatic heterocycles. The molecule has 0 bridgehead atoms. The first-order chi connectivity index (χ1) is 7.85. The molecular weight excluding hydrogens is 198 g/mol. The van der Waals surface area contributed by atoms with Crippen molar-refractivity contribution in [2.75, 3.05) is 5.32 Å². The SMILES string of the molecule is CCCCC1C=CNc2ccc(CO)cc21. The van der Waals surface area contributed by atoms with Gasteiger partial charge in [0.25, 0.3) is 0 Å². The normalized spacial score (nSPS) is 18.0. The number of unbranched alkanes of at least 4 members (excludes halogenated alkanes) is 1. The van der Waals surface area contributed by atoms with Crippen LogP contribution in [0.15, 0.2) is 30.5 Å². The summed E-state index contributed by atoms with van der Waals surface area (Å²) in [5.74, 6) is 0.502. The molecule has 0 fully saturated rings. The molecule has 1 aromatic carbocycles. The van der Waals surface area contributed by atoms with Crippen molar-refractivity contribution in [3.05, 3.63) is 41.6 Å². The third-order valence-corrected chi connectivity index (χ3v) is 3.13. The molecule has 1 aliphatic rings. The molecule has 2 rings (SSSR count). The lowest BCUT2D eigenvalue weighted by Gasteiger charge is -2.22. The Morgan fingerprint density at radius 2 is 2.25 bits per heavy atom. The summed E-state index contributed by atoms with van der Waals surface area (Å²) >= 11 is 0. The van der Waals surface area contributed by atoms with Crippen LogP contribution in [-0.2, 0) is 6.61 Å². The van der Waals surface area contributed by atoms with Gasteiger partial charge in [-0.15, -0.1) is 0 Å². The van der Waals surface area contributed by atoms with Gasteiger partial charge in [-0.25, -0.2) is 0 Å². The zero-order chi connectivity index (χ0) is 11.4. The average Bonchev–Trinajstić information content (AvgIpc) is 2.35. The van der Waals surface area contributed by atoms with Crippen LogP contribution in [0.1, 0.15) is 43.2 Å². The molecule has 0 aliphatic carbocycles. The predicted octanol–water partition coefficient (Wildman–Crippen LogP) is 3.39. The fourth-order valence-electron chi connectivity index (χ4n) is 2.18. The number of rotatable bonds is 4. The summed E-state index contributed by atoms with van der Waals surface area (Å²) in [6.07, 6.45) is 7.92. The maximum Gasteiger partial charge on any atom is 0.0681 e. The predicted molar refractivity (Wildman–Crippen MR) is 67.4 cm³/mol. The number of allylic oxidation sites excluding steroid dienone is 1. The van der Waals surface area contributed by atoms with E-state index < -0.39 is 0 Å². The number of hydrogen-bond donors (Lipinski definition) is 2. The van der Waals surface area contributed by atoms with Crippen LogP contribution in [0.25, 0.3) is 0 Å². The van der Waals surface area contributed by atoms with Crippen LogP contribution in [0.5, 0.6) is 0 Å². The lowest BCUT2D eigenvalue weighted by atomic mass is 9.89. The van der Waals surface area contributed by atoms with E-state index in [4.69, 9.17) is 5.11 Å². The second-order valence-corrected chi connectivity index (χ2v) is 4.33.